The number of amides is 1. The van der Waals surface area contributed by atoms with Gasteiger partial charge in [0.2, 0.25) is 0 Å². The molecule has 0 bridgehead atoms. The third-order valence-electron chi connectivity index (χ3n) is 3.78. The number of nitrogens with two attached hydrogens (primary N) is 1. The average molecular weight is 340 g/mol. The van der Waals surface area contributed by atoms with E-state index < -0.39 is 5.91 Å². The molecule has 0 radical (unpaired) electrons. The molecule has 0 fully saturated rings. The minimum atomic E-state index is -0.479. The molecule has 25 heavy (non-hydrogen) atoms. The number of nitrogens with one attached hydrogen (secondary N) is 1. The number of nitrogens with zero attached hydrogens (tertiary/aromatic N) is 2. The SMILES string of the molecule is COc1ccc(-c2cc(C(=O)NN)nn2Cc2ccc(F)cc2)cc1. The highest BCUT2D eigenvalue weighted by atomic mass is 19.1. The normalized spacial score (nSPS) is 10.5. The van der Waals surface area contributed by atoms with Crippen LogP contribution in [-0.2, 0) is 6.54 Å². The fraction of sp³-hybridized carbons (Fsp3) is 0.111. The van der Waals surface area contributed by atoms with E-state index in [1.165, 1.54) is 12.1 Å². The molecule has 3 N–H and O–H groups in total. The van der Waals surface area contributed by atoms with Crippen molar-refractivity contribution in [1.29, 1.82) is 0 Å². The molecule has 2 aromatic carbocycles. The molecule has 1 heterocycles. The van der Waals surface area contributed by atoms with Crippen LogP contribution >= 0.6 is 0 Å². The highest BCUT2D eigenvalue weighted by molar-refractivity contribution is 5.93. The smallest absolute Gasteiger partial charge is 0.285 e. The van der Waals surface area contributed by atoms with Gasteiger partial charge in [0, 0.05) is 5.56 Å². The highest BCUT2D eigenvalue weighted by Gasteiger charge is 2.15. The zero-order valence-corrected chi connectivity index (χ0v) is 13.6. The Morgan fingerprint density at radius 3 is 2.48 bits per heavy atom. The Bertz CT molecular complexity index is 873. The summed E-state index contributed by atoms with van der Waals surface area (Å²) in [6.07, 6.45) is 0. The molecule has 0 aliphatic heterocycles. The van der Waals surface area contributed by atoms with Gasteiger partial charge in [0.05, 0.1) is 19.3 Å². The molecule has 0 aliphatic rings. The minimum Gasteiger partial charge on any atom is -0.497 e. The van der Waals surface area contributed by atoms with Gasteiger partial charge in [-0.15, -0.1) is 0 Å². The van der Waals surface area contributed by atoms with Crippen molar-refractivity contribution >= 4 is 5.91 Å². The molecule has 0 saturated heterocycles. The van der Waals surface area contributed by atoms with Crippen LogP contribution in [0.5, 0.6) is 5.75 Å². The topological polar surface area (TPSA) is 82.2 Å². The summed E-state index contributed by atoms with van der Waals surface area (Å²) < 4.78 is 19.9. The number of ether oxygens (including phenoxy) is 1. The van der Waals surface area contributed by atoms with Gasteiger partial charge in [-0.05, 0) is 48.0 Å². The zero-order chi connectivity index (χ0) is 17.8. The number of carbonyl (C=O) groups is 1. The minimum absolute atomic E-state index is 0.204. The molecule has 0 atom stereocenters. The molecule has 3 rings (SSSR count). The number of aromatic nitrogens is 2. The van der Waals surface area contributed by atoms with Crippen LogP contribution in [-0.4, -0.2) is 22.8 Å². The van der Waals surface area contributed by atoms with E-state index in [0.29, 0.717) is 6.54 Å². The van der Waals surface area contributed by atoms with Crippen molar-refractivity contribution in [3.8, 4) is 17.0 Å². The van der Waals surface area contributed by atoms with Gasteiger partial charge in [-0.1, -0.05) is 12.1 Å². The number of nitrogen functional groups attached to an aromatic ring is 1. The molecule has 0 aliphatic carbocycles. The maximum atomic E-state index is 13.1. The quantitative estimate of drug-likeness (QED) is 0.424. The molecule has 3 aromatic rings. The summed E-state index contributed by atoms with van der Waals surface area (Å²) in [4.78, 5) is 11.8. The van der Waals surface area contributed by atoms with Crippen LogP contribution in [0.4, 0.5) is 4.39 Å². The van der Waals surface area contributed by atoms with Crippen molar-refractivity contribution in [3.63, 3.8) is 0 Å². The number of hydrogen-bond donors (Lipinski definition) is 2. The summed E-state index contributed by atoms with van der Waals surface area (Å²) >= 11 is 0. The first-order chi connectivity index (χ1) is 12.1. The fourth-order valence-electron chi connectivity index (χ4n) is 2.48. The van der Waals surface area contributed by atoms with Gasteiger partial charge in [-0.2, -0.15) is 5.10 Å². The summed E-state index contributed by atoms with van der Waals surface area (Å²) in [7, 11) is 1.59. The van der Waals surface area contributed by atoms with E-state index >= 15 is 0 Å². The molecular formula is C18H17FN4O2. The molecule has 128 valence electrons. The lowest BCUT2D eigenvalue weighted by atomic mass is 10.1. The Kier molecular flexibility index (Phi) is 4.76. The van der Waals surface area contributed by atoms with Gasteiger partial charge in [0.1, 0.15) is 11.6 Å². The number of halogens is 1. The molecule has 7 heteroatoms. The van der Waals surface area contributed by atoms with Crippen LogP contribution in [0.3, 0.4) is 0 Å². The van der Waals surface area contributed by atoms with Crippen molar-refractivity contribution in [1.82, 2.24) is 15.2 Å². The number of carbonyl (C=O) groups excluding carboxylic acids is 1. The van der Waals surface area contributed by atoms with Crippen molar-refractivity contribution in [2.45, 2.75) is 6.54 Å². The summed E-state index contributed by atoms with van der Waals surface area (Å²) in [6, 6.07) is 15.2. The first kappa shape index (κ1) is 16.7. The van der Waals surface area contributed by atoms with Gasteiger partial charge in [0.25, 0.3) is 5.91 Å². The third-order valence-corrected chi connectivity index (χ3v) is 3.78. The summed E-state index contributed by atoms with van der Waals surface area (Å²) in [5, 5.41) is 4.32. The molecule has 1 aromatic heterocycles. The summed E-state index contributed by atoms with van der Waals surface area (Å²) in [5.41, 5.74) is 4.75. The lowest BCUT2D eigenvalue weighted by Gasteiger charge is -2.08. The van der Waals surface area contributed by atoms with E-state index in [1.807, 2.05) is 24.3 Å². The monoisotopic (exact) mass is 340 g/mol. The number of hydrazine groups is 1. The van der Waals surface area contributed by atoms with E-state index in [4.69, 9.17) is 10.6 Å². The van der Waals surface area contributed by atoms with E-state index in [0.717, 1.165) is 22.6 Å². The zero-order valence-electron chi connectivity index (χ0n) is 13.6. The molecule has 0 saturated carbocycles. The van der Waals surface area contributed by atoms with Crippen LogP contribution < -0.4 is 16.0 Å². The molecule has 0 unspecified atom stereocenters. The fourth-order valence-corrected chi connectivity index (χ4v) is 2.48. The van der Waals surface area contributed by atoms with E-state index in [2.05, 4.69) is 10.5 Å². The second-order valence-electron chi connectivity index (χ2n) is 5.40. The largest absolute Gasteiger partial charge is 0.497 e. The van der Waals surface area contributed by atoms with E-state index in [1.54, 1.807) is 30.0 Å². The van der Waals surface area contributed by atoms with E-state index in [-0.39, 0.29) is 11.5 Å². The van der Waals surface area contributed by atoms with Gasteiger partial charge in [0.15, 0.2) is 5.69 Å². The number of methoxy groups -OCH3 is 1. The Hall–Kier alpha value is -3.19. The Balaban J connectivity index is 2.00. The van der Waals surface area contributed by atoms with Crippen molar-refractivity contribution in [3.05, 3.63) is 71.7 Å². The van der Waals surface area contributed by atoms with Crippen molar-refractivity contribution in [2.24, 2.45) is 5.84 Å². The lowest BCUT2D eigenvalue weighted by molar-refractivity contribution is 0.0948. The van der Waals surface area contributed by atoms with Gasteiger partial charge in [-0.3, -0.25) is 14.9 Å². The van der Waals surface area contributed by atoms with Crippen molar-refractivity contribution in [2.75, 3.05) is 7.11 Å². The maximum Gasteiger partial charge on any atom is 0.285 e. The van der Waals surface area contributed by atoms with Crippen LogP contribution in [0.25, 0.3) is 11.3 Å². The van der Waals surface area contributed by atoms with Gasteiger partial charge in [-0.25, -0.2) is 10.2 Å². The second-order valence-corrected chi connectivity index (χ2v) is 5.40. The first-order valence-electron chi connectivity index (χ1n) is 7.58. The Morgan fingerprint density at radius 2 is 1.88 bits per heavy atom. The maximum absolute atomic E-state index is 13.1. The number of hydrogen-bond acceptors (Lipinski definition) is 4. The number of rotatable bonds is 5. The van der Waals surface area contributed by atoms with E-state index in [9.17, 15) is 9.18 Å². The summed E-state index contributed by atoms with van der Waals surface area (Å²) in [5.74, 6) is 5.15. The Morgan fingerprint density at radius 1 is 1.20 bits per heavy atom. The lowest BCUT2D eigenvalue weighted by Crippen LogP contribution is -2.30. The molecular weight excluding hydrogens is 323 g/mol. The van der Waals surface area contributed by atoms with Crippen LogP contribution in [0, 0.1) is 5.82 Å². The first-order valence-corrected chi connectivity index (χ1v) is 7.58. The average Bonchev–Trinajstić information content (AvgIpc) is 3.07. The van der Waals surface area contributed by atoms with Crippen LogP contribution in [0.1, 0.15) is 16.1 Å². The van der Waals surface area contributed by atoms with Crippen molar-refractivity contribution < 1.29 is 13.9 Å². The predicted octanol–water partition coefficient (Wildman–Crippen LogP) is 2.35. The summed E-state index contributed by atoms with van der Waals surface area (Å²) in [6.45, 7) is 0.388. The molecule has 6 nitrogen and oxygen atoms in total. The number of benzene rings is 2. The molecule has 0 spiro atoms. The van der Waals surface area contributed by atoms with Crippen LogP contribution in [0.15, 0.2) is 54.6 Å². The third kappa shape index (κ3) is 3.67. The highest BCUT2D eigenvalue weighted by Crippen LogP contribution is 2.24. The predicted molar refractivity (Wildman–Crippen MR) is 91.4 cm³/mol. The second kappa shape index (κ2) is 7.14. The standard InChI is InChI=1S/C18H17FN4O2/c1-25-15-8-4-13(5-9-15)17-10-16(18(24)21-20)22-23(17)11-12-2-6-14(19)7-3-12/h2-10H,11,20H2,1H3,(H,21,24). The van der Waals surface area contributed by atoms with Crippen LogP contribution in [0.2, 0.25) is 0 Å². The Labute approximate surface area is 144 Å². The molecule has 1 amide bonds. The van der Waals surface area contributed by atoms with Gasteiger partial charge < -0.3 is 4.74 Å². The van der Waals surface area contributed by atoms with Gasteiger partial charge >= 0.3 is 0 Å².